The van der Waals surface area contributed by atoms with Crippen LogP contribution >= 0.6 is 0 Å². The summed E-state index contributed by atoms with van der Waals surface area (Å²) < 4.78 is 5.82. The summed E-state index contributed by atoms with van der Waals surface area (Å²) in [6.07, 6.45) is 6.16. The number of ether oxygens (including phenoxy) is 1. The van der Waals surface area contributed by atoms with Gasteiger partial charge in [0.05, 0.1) is 0 Å². The second-order valence-corrected chi connectivity index (χ2v) is 6.09. The molecule has 1 heterocycles. The lowest BCUT2D eigenvalue weighted by atomic mass is 10.0. The second kappa shape index (κ2) is 4.39. The van der Waals surface area contributed by atoms with Crippen LogP contribution in [0.1, 0.15) is 39.0 Å². The monoisotopic (exact) mass is 187 g/mol. The number of hydrogen-bond acceptors (Lipinski definition) is 2. The molecule has 1 fully saturated rings. The summed E-state index contributed by atoms with van der Waals surface area (Å²) in [6, 6.07) is 0.335. The van der Waals surface area contributed by atoms with E-state index in [2.05, 4.69) is 6.92 Å². The molecule has 1 aliphatic heterocycles. The molecule has 1 aliphatic rings. The third-order valence-electron chi connectivity index (χ3n) is 2.68. The van der Waals surface area contributed by atoms with E-state index < -0.39 is 0 Å². The topological polar surface area (TPSA) is 35.2 Å². The Morgan fingerprint density at radius 2 is 2.33 bits per heavy atom. The van der Waals surface area contributed by atoms with Gasteiger partial charge < -0.3 is 10.5 Å². The van der Waals surface area contributed by atoms with E-state index in [1.165, 1.54) is 25.7 Å². The van der Waals surface area contributed by atoms with Gasteiger partial charge in [-0.25, -0.2) is 0 Å². The lowest BCUT2D eigenvalue weighted by Gasteiger charge is -2.34. The molecule has 0 radical (unpaired) electrons. The van der Waals surface area contributed by atoms with Crippen LogP contribution in [0.4, 0.5) is 0 Å². The molecule has 0 aromatic carbocycles. The predicted molar refractivity (Wildman–Crippen MR) is 55.4 cm³/mol. The van der Waals surface area contributed by atoms with E-state index in [4.69, 9.17) is 10.5 Å². The number of hydrogen-bond donors (Lipinski definition) is 1. The molecule has 2 unspecified atom stereocenters. The van der Waals surface area contributed by atoms with Gasteiger partial charge in [-0.05, 0) is 39.0 Å². The van der Waals surface area contributed by atoms with Crippen molar-refractivity contribution in [2.24, 2.45) is 5.73 Å². The Balaban J connectivity index is 2.26. The largest absolute Gasteiger partial charge is 0.380 e. The van der Waals surface area contributed by atoms with Gasteiger partial charge in [0.25, 0.3) is 0 Å². The van der Waals surface area contributed by atoms with E-state index >= 15 is 0 Å². The van der Waals surface area contributed by atoms with Crippen LogP contribution < -0.4 is 5.73 Å². The average molecular weight is 187 g/mol. The van der Waals surface area contributed by atoms with Crippen LogP contribution in [0.5, 0.6) is 0 Å². The molecular weight excluding hydrogens is 166 g/mol. The molecule has 0 spiro atoms. The lowest BCUT2D eigenvalue weighted by molar-refractivity contribution is -0.0243. The van der Waals surface area contributed by atoms with Gasteiger partial charge in [0.2, 0.25) is 0 Å². The normalized spacial score (nSPS) is 33.5. The number of nitrogens with two attached hydrogens (primary N) is 1. The molecule has 2 N–H and O–H groups in total. The van der Waals surface area contributed by atoms with Crippen molar-refractivity contribution in [3.63, 3.8) is 0 Å². The minimum atomic E-state index is 0.270. The summed E-state index contributed by atoms with van der Waals surface area (Å²) in [7, 11) is 1.16. The summed E-state index contributed by atoms with van der Waals surface area (Å²) in [5.41, 5.74) is 5.73. The molecule has 1 saturated heterocycles. The quantitative estimate of drug-likeness (QED) is 0.648. The molecule has 0 saturated carbocycles. The Morgan fingerprint density at radius 3 is 2.83 bits per heavy atom. The van der Waals surface area contributed by atoms with Crippen molar-refractivity contribution >= 4 is 10.2 Å². The lowest BCUT2D eigenvalue weighted by Crippen LogP contribution is -2.38. The maximum absolute atomic E-state index is 5.82. The predicted octanol–water partition coefficient (Wildman–Crippen LogP) is 0.376. The van der Waals surface area contributed by atoms with Crippen molar-refractivity contribution in [3.05, 3.63) is 0 Å². The standard InChI is InChI=1S/C9H21NOSi/c1-8(10)4-6-9(12)5-2-3-7-11-9/h8H,2-7,10H2,1,12H3. The minimum absolute atomic E-state index is 0.270. The van der Waals surface area contributed by atoms with E-state index in [1.54, 1.807) is 0 Å². The van der Waals surface area contributed by atoms with E-state index in [9.17, 15) is 0 Å². The van der Waals surface area contributed by atoms with Gasteiger partial charge in [-0.15, -0.1) is 0 Å². The van der Waals surface area contributed by atoms with Gasteiger partial charge >= 0.3 is 0 Å². The summed E-state index contributed by atoms with van der Waals surface area (Å²) in [5.74, 6) is 0. The molecule has 0 bridgehead atoms. The fraction of sp³-hybridized carbons (Fsp3) is 1.00. The van der Waals surface area contributed by atoms with Crippen LogP contribution in [-0.2, 0) is 4.74 Å². The average Bonchev–Trinajstić information content (AvgIpc) is 2.03. The van der Waals surface area contributed by atoms with Gasteiger partial charge in [-0.3, -0.25) is 0 Å². The van der Waals surface area contributed by atoms with E-state index in [0.29, 0.717) is 6.04 Å². The van der Waals surface area contributed by atoms with Crippen molar-refractivity contribution in [2.45, 2.75) is 50.3 Å². The van der Waals surface area contributed by atoms with E-state index in [1.807, 2.05) is 0 Å². The first kappa shape index (κ1) is 10.2. The van der Waals surface area contributed by atoms with Crippen molar-refractivity contribution in [3.8, 4) is 0 Å². The third-order valence-corrected chi connectivity index (χ3v) is 3.97. The van der Waals surface area contributed by atoms with Crippen LogP contribution in [0.15, 0.2) is 0 Å². The van der Waals surface area contributed by atoms with Gasteiger partial charge in [0, 0.05) is 28.1 Å². The molecule has 0 amide bonds. The molecule has 72 valence electrons. The molecule has 0 aromatic rings. The van der Waals surface area contributed by atoms with Gasteiger partial charge in [-0.1, -0.05) is 0 Å². The second-order valence-electron chi connectivity index (χ2n) is 4.27. The fourth-order valence-corrected chi connectivity index (χ4v) is 2.57. The summed E-state index contributed by atoms with van der Waals surface area (Å²) in [5, 5.41) is 0.270. The van der Waals surface area contributed by atoms with Crippen molar-refractivity contribution in [1.29, 1.82) is 0 Å². The zero-order valence-electron chi connectivity index (χ0n) is 8.31. The van der Waals surface area contributed by atoms with Crippen LogP contribution in [0, 0.1) is 0 Å². The third kappa shape index (κ3) is 3.25. The fourth-order valence-electron chi connectivity index (χ4n) is 1.72. The Morgan fingerprint density at radius 1 is 1.58 bits per heavy atom. The Hall–Kier alpha value is 0.137. The molecule has 0 aromatic heterocycles. The zero-order valence-corrected chi connectivity index (χ0v) is 10.3. The SMILES string of the molecule is CC(N)CCC1([SiH3])CCCCO1. The molecule has 0 aliphatic carbocycles. The highest BCUT2D eigenvalue weighted by Crippen LogP contribution is 2.26. The van der Waals surface area contributed by atoms with E-state index in [0.717, 1.165) is 23.3 Å². The Labute approximate surface area is 78.3 Å². The molecule has 3 heteroatoms. The van der Waals surface area contributed by atoms with Crippen LogP contribution in [-0.4, -0.2) is 28.1 Å². The van der Waals surface area contributed by atoms with Crippen LogP contribution in [0.2, 0.25) is 0 Å². The molecule has 2 nitrogen and oxygen atoms in total. The molecule has 2 atom stereocenters. The van der Waals surface area contributed by atoms with E-state index in [-0.39, 0.29) is 5.22 Å². The number of rotatable bonds is 3. The molecule has 1 rings (SSSR count). The van der Waals surface area contributed by atoms with Gasteiger partial charge in [-0.2, -0.15) is 0 Å². The first-order valence-corrected chi connectivity index (χ1v) is 6.02. The smallest absolute Gasteiger partial charge is 0.0486 e. The highest BCUT2D eigenvalue weighted by molar-refractivity contribution is 6.14. The first-order valence-electron chi connectivity index (χ1n) is 5.02. The highest BCUT2D eigenvalue weighted by Gasteiger charge is 2.27. The van der Waals surface area contributed by atoms with Gasteiger partial charge in [0.15, 0.2) is 0 Å². The molecular formula is C9H21NOSi. The summed E-state index contributed by atoms with van der Waals surface area (Å²) >= 11 is 0. The molecule has 12 heavy (non-hydrogen) atoms. The maximum Gasteiger partial charge on any atom is 0.0486 e. The first-order chi connectivity index (χ1) is 5.62. The van der Waals surface area contributed by atoms with Crippen molar-refractivity contribution < 1.29 is 4.74 Å². The Kier molecular flexibility index (Phi) is 3.74. The van der Waals surface area contributed by atoms with Crippen LogP contribution in [0.3, 0.4) is 0 Å². The van der Waals surface area contributed by atoms with Crippen LogP contribution in [0.25, 0.3) is 0 Å². The zero-order chi connectivity index (χ0) is 9.03. The summed E-state index contributed by atoms with van der Waals surface area (Å²) in [4.78, 5) is 0. The minimum Gasteiger partial charge on any atom is -0.380 e. The highest BCUT2D eigenvalue weighted by atomic mass is 28.1. The van der Waals surface area contributed by atoms with Crippen molar-refractivity contribution in [2.75, 3.05) is 6.61 Å². The Bertz CT molecular complexity index is 132. The maximum atomic E-state index is 5.82. The van der Waals surface area contributed by atoms with Crippen molar-refractivity contribution in [1.82, 2.24) is 0 Å². The van der Waals surface area contributed by atoms with Gasteiger partial charge in [0.1, 0.15) is 0 Å². The summed E-state index contributed by atoms with van der Waals surface area (Å²) in [6.45, 7) is 3.05.